The lowest BCUT2D eigenvalue weighted by Gasteiger charge is -2.38. The number of unbranched alkanes of at least 4 members (excludes halogenated alkanes) is 5. The third kappa shape index (κ3) is 16.8. The largest absolute Gasteiger partial charge is 0.507 e. The number of hydrogen-bond donors (Lipinski definition) is 3. The highest BCUT2D eigenvalue weighted by molar-refractivity contribution is 5.66. The summed E-state index contributed by atoms with van der Waals surface area (Å²) in [6.07, 6.45) is 19.9. The average Bonchev–Trinajstić information content (AvgIpc) is 2.96. The van der Waals surface area contributed by atoms with Crippen molar-refractivity contribution in [2.24, 2.45) is 17.8 Å². The molecule has 0 saturated carbocycles. The number of rotatable bonds is 21. The van der Waals surface area contributed by atoms with Crippen molar-refractivity contribution < 1.29 is 29.6 Å². The summed E-state index contributed by atoms with van der Waals surface area (Å²) < 4.78 is 6.60. The minimum atomic E-state index is -0.740. The van der Waals surface area contributed by atoms with Crippen molar-refractivity contribution >= 4 is 11.9 Å². The quantitative estimate of drug-likeness (QED) is 0.116. The second-order valence-corrected chi connectivity index (χ2v) is 14.9. The molecular weight excluding hydrogens is 564 g/mol. The van der Waals surface area contributed by atoms with Crippen molar-refractivity contribution in [3.63, 3.8) is 0 Å². The molecule has 0 spiro atoms. The van der Waals surface area contributed by atoms with Crippen molar-refractivity contribution in [3.8, 4) is 11.5 Å². The van der Waals surface area contributed by atoms with E-state index in [2.05, 4.69) is 41.5 Å². The molecule has 0 aliphatic carbocycles. The van der Waals surface area contributed by atoms with E-state index in [9.17, 15) is 14.7 Å². The van der Waals surface area contributed by atoms with E-state index in [1.54, 1.807) is 0 Å². The molecule has 1 aliphatic rings. The van der Waals surface area contributed by atoms with Gasteiger partial charge < -0.3 is 20.1 Å². The molecule has 3 N–H and O–H groups in total. The van der Waals surface area contributed by atoms with Crippen LogP contribution in [0.3, 0.4) is 0 Å². The first-order valence-corrected chi connectivity index (χ1v) is 18.1. The Labute approximate surface area is 275 Å². The maximum Gasteiger partial charge on any atom is 0.303 e. The zero-order valence-corrected chi connectivity index (χ0v) is 30.2. The second kappa shape index (κ2) is 21.5. The molecule has 1 aromatic rings. The highest BCUT2D eigenvalue weighted by atomic mass is 16.5. The van der Waals surface area contributed by atoms with Gasteiger partial charge in [0.2, 0.25) is 0 Å². The third-order valence-corrected chi connectivity index (χ3v) is 9.90. The summed E-state index contributed by atoms with van der Waals surface area (Å²) in [6, 6.07) is 0. The van der Waals surface area contributed by atoms with Crippen molar-refractivity contribution in [2.45, 2.75) is 183 Å². The van der Waals surface area contributed by atoms with E-state index in [0.717, 1.165) is 98.0 Å². The number of carboxylic acids is 2. The molecule has 0 fully saturated rings. The van der Waals surface area contributed by atoms with Crippen molar-refractivity contribution in [1.29, 1.82) is 0 Å². The Morgan fingerprint density at radius 2 is 1.16 bits per heavy atom. The van der Waals surface area contributed by atoms with Gasteiger partial charge in [-0.15, -0.1) is 0 Å². The summed E-state index contributed by atoms with van der Waals surface area (Å²) in [5.74, 6) is 2.56. The van der Waals surface area contributed by atoms with Crippen LogP contribution in [0.15, 0.2) is 0 Å². The fourth-order valence-electron chi connectivity index (χ4n) is 6.53. The Morgan fingerprint density at radius 1 is 0.689 bits per heavy atom. The summed E-state index contributed by atoms with van der Waals surface area (Å²) in [6.45, 7) is 17.9. The highest BCUT2D eigenvalue weighted by Gasteiger charge is 2.34. The second-order valence-electron chi connectivity index (χ2n) is 14.9. The molecule has 260 valence electrons. The van der Waals surface area contributed by atoms with Gasteiger partial charge in [0.15, 0.2) is 0 Å². The standard InChI is InChI=1S/C29H50O2.C10H18O4/c1-20(2)12-9-13-21(3)14-10-15-22(4)16-11-18-29(8)19-17-26-25(7)27(30)23(5)24(6)28(26)31-29;11-9(12)7-5-3-1-2-4-6-8-10(13)14/h20-22,30H,9-19H2,1-8H3;1-8H2,(H,11,12)(H,13,14)/t21-,22-,29-;/m1./s1. The van der Waals surface area contributed by atoms with Crippen molar-refractivity contribution in [3.05, 3.63) is 22.3 Å². The maximum atomic E-state index is 10.4. The molecule has 0 aromatic heterocycles. The van der Waals surface area contributed by atoms with Gasteiger partial charge in [-0.05, 0) is 101 Å². The van der Waals surface area contributed by atoms with Gasteiger partial charge in [-0.1, -0.05) is 98.3 Å². The van der Waals surface area contributed by atoms with Crippen LogP contribution in [0.1, 0.15) is 172 Å². The Bertz CT molecular complexity index is 996. The van der Waals surface area contributed by atoms with E-state index in [0.29, 0.717) is 5.75 Å². The number of carbonyl (C=O) groups is 2. The van der Waals surface area contributed by atoms with Gasteiger partial charge in [0, 0.05) is 18.4 Å². The summed E-state index contributed by atoms with van der Waals surface area (Å²) >= 11 is 0. The fourth-order valence-corrected chi connectivity index (χ4v) is 6.53. The molecule has 0 amide bonds. The Kier molecular flexibility index (Phi) is 19.5. The van der Waals surface area contributed by atoms with Crippen LogP contribution in [0, 0.1) is 38.5 Å². The molecule has 0 unspecified atom stereocenters. The molecular formula is C39H68O6. The van der Waals surface area contributed by atoms with Crippen LogP contribution in [0.25, 0.3) is 0 Å². The van der Waals surface area contributed by atoms with Gasteiger partial charge in [0.05, 0.1) is 0 Å². The number of phenols is 1. The van der Waals surface area contributed by atoms with Crippen LogP contribution >= 0.6 is 0 Å². The number of carboxylic acid groups (broad SMARTS) is 2. The lowest BCUT2D eigenvalue weighted by molar-refractivity contribution is -0.138. The zero-order chi connectivity index (χ0) is 34.0. The molecule has 0 radical (unpaired) electrons. The van der Waals surface area contributed by atoms with Gasteiger partial charge in [0.25, 0.3) is 0 Å². The summed E-state index contributed by atoms with van der Waals surface area (Å²) in [5, 5.41) is 27.1. The van der Waals surface area contributed by atoms with Crippen LogP contribution in [-0.4, -0.2) is 32.9 Å². The van der Waals surface area contributed by atoms with E-state index in [1.165, 1.54) is 56.9 Å². The molecule has 1 aliphatic heterocycles. The van der Waals surface area contributed by atoms with Crippen molar-refractivity contribution in [1.82, 2.24) is 0 Å². The number of fused-ring (bicyclic) bond motifs is 1. The Morgan fingerprint density at radius 3 is 1.64 bits per heavy atom. The minimum absolute atomic E-state index is 0.0712. The van der Waals surface area contributed by atoms with E-state index < -0.39 is 11.9 Å². The molecule has 1 aromatic carbocycles. The van der Waals surface area contributed by atoms with E-state index in [4.69, 9.17) is 14.9 Å². The Hall–Kier alpha value is -2.24. The molecule has 6 heteroatoms. The molecule has 2 rings (SSSR count). The Balaban J connectivity index is 0.000000609. The predicted molar refractivity (Wildman–Crippen MR) is 187 cm³/mol. The first-order chi connectivity index (χ1) is 21.2. The lowest BCUT2D eigenvalue weighted by Crippen LogP contribution is -2.37. The van der Waals surface area contributed by atoms with Crippen LogP contribution in [0.4, 0.5) is 0 Å². The van der Waals surface area contributed by atoms with E-state index in [1.807, 2.05) is 13.8 Å². The number of hydrogen-bond acceptors (Lipinski definition) is 4. The van der Waals surface area contributed by atoms with Gasteiger partial charge in [-0.3, -0.25) is 9.59 Å². The summed E-state index contributed by atoms with van der Waals surface area (Å²) in [7, 11) is 0. The van der Waals surface area contributed by atoms with E-state index >= 15 is 0 Å². The van der Waals surface area contributed by atoms with Crippen LogP contribution < -0.4 is 4.74 Å². The normalized spacial score (nSPS) is 17.2. The minimum Gasteiger partial charge on any atom is -0.507 e. The molecule has 0 saturated heterocycles. The first-order valence-electron chi connectivity index (χ1n) is 18.1. The maximum absolute atomic E-state index is 10.4. The van der Waals surface area contributed by atoms with E-state index in [-0.39, 0.29) is 18.4 Å². The van der Waals surface area contributed by atoms with Gasteiger partial charge in [-0.25, -0.2) is 0 Å². The SMILES string of the molecule is Cc1c(C)c2c(c(C)c1O)CC[C@@](C)(CCC[C@H](C)CCC[C@H](C)CCCC(C)C)O2.O=C(O)CCCCCCCCC(=O)O. The monoisotopic (exact) mass is 633 g/mol. The van der Waals surface area contributed by atoms with Gasteiger partial charge >= 0.3 is 11.9 Å². The third-order valence-electron chi connectivity index (χ3n) is 9.90. The smallest absolute Gasteiger partial charge is 0.303 e. The van der Waals surface area contributed by atoms with Crippen LogP contribution in [-0.2, 0) is 16.0 Å². The number of aromatic hydroxyl groups is 1. The molecule has 0 bridgehead atoms. The summed E-state index contributed by atoms with van der Waals surface area (Å²) in [5.41, 5.74) is 4.23. The molecule has 1 heterocycles. The number of benzene rings is 1. The summed E-state index contributed by atoms with van der Waals surface area (Å²) in [4.78, 5) is 20.3. The molecule has 3 atom stereocenters. The number of ether oxygens (including phenoxy) is 1. The number of aliphatic carboxylic acids is 2. The molecule has 6 nitrogen and oxygen atoms in total. The lowest BCUT2D eigenvalue weighted by atomic mass is 9.84. The van der Waals surface area contributed by atoms with Gasteiger partial charge in [0.1, 0.15) is 17.1 Å². The molecule has 45 heavy (non-hydrogen) atoms. The van der Waals surface area contributed by atoms with Crippen LogP contribution in [0.5, 0.6) is 11.5 Å². The van der Waals surface area contributed by atoms with Crippen LogP contribution in [0.2, 0.25) is 0 Å². The highest BCUT2D eigenvalue weighted by Crippen LogP contribution is 2.44. The van der Waals surface area contributed by atoms with Crippen molar-refractivity contribution in [2.75, 3.05) is 0 Å². The number of phenolic OH excluding ortho intramolecular Hbond substituents is 1. The average molecular weight is 633 g/mol. The first kappa shape index (κ1) is 40.8. The predicted octanol–water partition coefficient (Wildman–Crippen LogP) is 11.1. The zero-order valence-electron chi connectivity index (χ0n) is 30.2. The topological polar surface area (TPSA) is 104 Å². The van der Waals surface area contributed by atoms with Gasteiger partial charge in [-0.2, -0.15) is 0 Å². The fraction of sp³-hybridized carbons (Fsp3) is 0.795.